The van der Waals surface area contributed by atoms with Crippen molar-refractivity contribution < 1.29 is 0 Å². The highest BCUT2D eigenvalue weighted by Gasteiger charge is 2.30. The molecule has 0 radical (unpaired) electrons. The number of aryl methyl sites for hydroxylation is 1. The van der Waals surface area contributed by atoms with Gasteiger partial charge in [0.25, 0.3) is 0 Å². The Balaban J connectivity index is 1.78. The molecule has 2 aliphatic rings. The van der Waals surface area contributed by atoms with Gasteiger partial charge in [-0.1, -0.05) is 31.5 Å². The van der Waals surface area contributed by atoms with Crippen LogP contribution in [0.3, 0.4) is 0 Å². The summed E-state index contributed by atoms with van der Waals surface area (Å²) in [7, 11) is 0. The summed E-state index contributed by atoms with van der Waals surface area (Å²) >= 11 is 0. The van der Waals surface area contributed by atoms with Gasteiger partial charge in [-0.3, -0.25) is 0 Å². The summed E-state index contributed by atoms with van der Waals surface area (Å²) in [6, 6.07) is 7.55. The summed E-state index contributed by atoms with van der Waals surface area (Å²) < 4.78 is 0. The number of benzene rings is 1. The number of rotatable bonds is 8. The van der Waals surface area contributed by atoms with Gasteiger partial charge in [0.05, 0.1) is 0 Å². The first kappa shape index (κ1) is 14.9. The van der Waals surface area contributed by atoms with Crippen LogP contribution in [0.4, 0.5) is 5.69 Å². The first-order valence-electron chi connectivity index (χ1n) is 8.69. The van der Waals surface area contributed by atoms with Crippen molar-refractivity contribution in [2.45, 2.75) is 59.0 Å². The van der Waals surface area contributed by atoms with E-state index >= 15 is 0 Å². The highest BCUT2D eigenvalue weighted by atomic mass is 15.1. The van der Waals surface area contributed by atoms with Gasteiger partial charge in [0, 0.05) is 31.4 Å². The number of anilines is 1. The molecule has 0 spiro atoms. The summed E-state index contributed by atoms with van der Waals surface area (Å²) in [5, 5.41) is 3.60. The van der Waals surface area contributed by atoms with E-state index in [0.29, 0.717) is 6.04 Å². The Morgan fingerprint density at radius 2 is 1.71 bits per heavy atom. The average molecular weight is 286 g/mol. The Labute approximate surface area is 129 Å². The summed E-state index contributed by atoms with van der Waals surface area (Å²) in [6.45, 7) is 10.2. The Kier molecular flexibility index (Phi) is 4.54. The Hall–Kier alpha value is -1.02. The lowest BCUT2D eigenvalue weighted by Crippen LogP contribution is -2.30. The van der Waals surface area contributed by atoms with Crippen LogP contribution in [0.5, 0.6) is 0 Å². The molecule has 0 saturated heterocycles. The molecule has 0 atom stereocenters. The van der Waals surface area contributed by atoms with Crippen LogP contribution in [0.2, 0.25) is 0 Å². The topological polar surface area (TPSA) is 15.3 Å². The molecule has 0 heterocycles. The fraction of sp³-hybridized carbons (Fsp3) is 0.684. The number of hydrogen-bond acceptors (Lipinski definition) is 2. The molecule has 1 N–H and O–H groups in total. The molecule has 0 amide bonds. The van der Waals surface area contributed by atoms with Gasteiger partial charge < -0.3 is 10.2 Å². The second kappa shape index (κ2) is 6.39. The van der Waals surface area contributed by atoms with Crippen LogP contribution >= 0.6 is 0 Å². The van der Waals surface area contributed by atoms with Crippen LogP contribution < -0.4 is 10.2 Å². The average Bonchev–Trinajstić information content (AvgIpc) is 3.31. The van der Waals surface area contributed by atoms with E-state index in [9.17, 15) is 0 Å². The van der Waals surface area contributed by atoms with Crippen LogP contribution in [-0.4, -0.2) is 19.1 Å². The smallest absolute Gasteiger partial charge is 0.0412 e. The van der Waals surface area contributed by atoms with Gasteiger partial charge in [0.1, 0.15) is 0 Å². The zero-order valence-electron chi connectivity index (χ0n) is 13.9. The molecule has 2 saturated carbocycles. The Morgan fingerprint density at radius 1 is 1.10 bits per heavy atom. The molecule has 2 heteroatoms. The molecule has 2 aliphatic carbocycles. The molecule has 2 nitrogen and oxygen atoms in total. The molecule has 21 heavy (non-hydrogen) atoms. The van der Waals surface area contributed by atoms with Crippen LogP contribution in [0.15, 0.2) is 18.2 Å². The molecule has 2 fully saturated rings. The zero-order valence-corrected chi connectivity index (χ0v) is 13.9. The summed E-state index contributed by atoms with van der Waals surface area (Å²) in [4.78, 5) is 2.69. The predicted molar refractivity (Wildman–Crippen MR) is 90.8 cm³/mol. The summed E-state index contributed by atoms with van der Waals surface area (Å²) in [5.41, 5.74) is 4.33. The van der Waals surface area contributed by atoms with E-state index in [1.165, 1.54) is 55.6 Å². The normalized spacial score (nSPS) is 18.3. The van der Waals surface area contributed by atoms with Crippen molar-refractivity contribution in [2.24, 2.45) is 11.8 Å². The first-order valence-corrected chi connectivity index (χ1v) is 8.69. The fourth-order valence-electron chi connectivity index (χ4n) is 2.97. The quantitative estimate of drug-likeness (QED) is 0.773. The van der Waals surface area contributed by atoms with Crippen molar-refractivity contribution in [1.29, 1.82) is 0 Å². The minimum Gasteiger partial charge on any atom is -0.371 e. The van der Waals surface area contributed by atoms with Crippen molar-refractivity contribution in [1.82, 2.24) is 5.32 Å². The molecule has 3 rings (SSSR count). The largest absolute Gasteiger partial charge is 0.371 e. The van der Waals surface area contributed by atoms with E-state index in [2.05, 4.69) is 49.2 Å². The summed E-state index contributed by atoms with van der Waals surface area (Å²) in [6.07, 6.45) is 5.75. The second-order valence-corrected chi connectivity index (χ2v) is 7.46. The number of nitrogens with one attached hydrogen (secondary N) is 1. The van der Waals surface area contributed by atoms with E-state index in [1.807, 2.05) is 0 Å². The van der Waals surface area contributed by atoms with Gasteiger partial charge in [-0.15, -0.1) is 0 Å². The van der Waals surface area contributed by atoms with Gasteiger partial charge in [-0.05, 0) is 56.1 Å². The third kappa shape index (κ3) is 4.47. The van der Waals surface area contributed by atoms with Crippen molar-refractivity contribution >= 4 is 5.69 Å². The fourth-order valence-corrected chi connectivity index (χ4v) is 2.97. The maximum atomic E-state index is 3.60. The zero-order chi connectivity index (χ0) is 14.8. The maximum Gasteiger partial charge on any atom is 0.0412 e. The van der Waals surface area contributed by atoms with Crippen molar-refractivity contribution in [3.63, 3.8) is 0 Å². The molecule has 0 aromatic heterocycles. The molecular formula is C19H30N2. The number of nitrogens with zero attached hydrogens (tertiary/aromatic N) is 1. The molecule has 1 aromatic rings. The number of hydrogen-bond donors (Lipinski definition) is 1. The van der Waals surface area contributed by atoms with Crippen LogP contribution in [0, 0.1) is 18.8 Å². The first-order chi connectivity index (χ1) is 10.1. The van der Waals surface area contributed by atoms with Crippen LogP contribution in [-0.2, 0) is 6.54 Å². The van der Waals surface area contributed by atoms with Crippen molar-refractivity contribution in [2.75, 3.05) is 18.0 Å². The van der Waals surface area contributed by atoms with E-state index in [4.69, 9.17) is 0 Å². The predicted octanol–water partition coefficient (Wildman–Crippen LogP) is 4.12. The molecule has 116 valence electrons. The monoisotopic (exact) mass is 286 g/mol. The van der Waals surface area contributed by atoms with Gasteiger partial charge in [0.2, 0.25) is 0 Å². The van der Waals surface area contributed by atoms with Gasteiger partial charge in [0.15, 0.2) is 0 Å². The van der Waals surface area contributed by atoms with Crippen LogP contribution in [0.25, 0.3) is 0 Å². The van der Waals surface area contributed by atoms with Crippen molar-refractivity contribution in [3.05, 3.63) is 29.3 Å². The molecular weight excluding hydrogens is 256 g/mol. The highest BCUT2D eigenvalue weighted by Crippen LogP contribution is 2.36. The molecule has 1 aromatic carbocycles. The molecule has 0 aliphatic heterocycles. The van der Waals surface area contributed by atoms with E-state index < -0.39 is 0 Å². The van der Waals surface area contributed by atoms with Gasteiger partial charge in [-0.2, -0.15) is 0 Å². The van der Waals surface area contributed by atoms with Crippen molar-refractivity contribution in [3.8, 4) is 0 Å². The third-order valence-corrected chi connectivity index (χ3v) is 4.63. The van der Waals surface area contributed by atoms with Crippen LogP contribution in [0.1, 0.15) is 50.7 Å². The highest BCUT2D eigenvalue weighted by molar-refractivity contribution is 5.55. The van der Waals surface area contributed by atoms with Gasteiger partial charge in [-0.25, -0.2) is 0 Å². The third-order valence-electron chi connectivity index (χ3n) is 4.63. The minimum atomic E-state index is 0.540. The van der Waals surface area contributed by atoms with E-state index in [1.54, 1.807) is 0 Å². The Bertz CT molecular complexity index is 458. The Morgan fingerprint density at radius 3 is 2.24 bits per heavy atom. The lowest BCUT2D eigenvalue weighted by atomic mass is 10.1. The van der Waals surface area contributed by atoms with E-state index in [-0.39, 0.29) is 0 Å². The standard InChI is InChI=1S/C19H30N2/c1-14(2)20-11-18-10-15(3)4-9-19(18)21(12-16-5-6-16)13-17-7-8-17/h4,9-10,14,16-17,20H,5-8,11-13H2,1-3H3. The lowest BCUT2D eigenvalue weighted by molar-refractivity contribution is 0.585. The maximum absolute atomic E-state index is 3.60. The summed E-state index contributed by atoms with van der Waals surface area (Å²) in [5.74, 6) is 1.91. The second-order valence-electron chi connectivity index (χ2n) is 7.46. The molecule has 0 bridgehead atoms. The minimum absolute atomic E-state index is 0.540. The molecule has 0 unspecified atom stereocenters. The lowest BCUT2D eigenvalue weighted by Gasteiger charge is -2.28. The SMILES string of the molecule is Cc1ccc(N(CC2CC2)CC2CC2)c(CNC(C)C)c1. The van der Waals surface area contributed by atoms with Gasteiger partial charge >= 0.3 is 0 Å². The van der Waals surface area contributed by atoms with E-state index in [0.717, 1.165) is 18.4 Å².